The van der Waals surface area contributed by atoms with Crippen LogP contribution >= 0.6 is 11.3 Å². The van der Waals surface area contributed by atoms with Crippen molar-refractivity contribution in [2.75, 3.05) is 6.54 Å². The molecule has 5 nitrogen and oxygen atoms in total. The number of fused-ring (bicyclic) bond motifs is 1. The second-order valence-corrected chi connectivity index (χ2v) is 8.34. The van der Waals surface area contributed by atoms with Gasteiger partial charge in [0, 0.05) is 52.9 Å². The van der Waals surface area contributed by atoms with Crippen molar-refractivity contribution < 1.29 is 0 Å². The van der Waals surface area contributed by atoms with E-state index >= 15 is 0 Å². The lowest BCUT2D eigenvalue weighted by Gasteiger charge is -2.27. The van der Waals surface area contributed by atoms with E-state index in [2.05, 4.69) is 51.3 Å². The molecule has 1 aliphatic rings. The fourth-order valence-electron chi connectivity index (χ4n) is 3.71. The number of rotatable bonds is 4. The first-order chi connectivity index (χ1) is 14.3. The molecule has 6 heteroatoms. The van der Waals surface area contributed by atoms with E-state index in [1.165, 1.54) is 15.3 Å². The zero-order valence-corrected chi connectivity index (χ0v) is 16.7. The lowest BCUT2D eigenvalue weighted by Crippen LogP contribution is -2.34. The van der Waals surface area contributed by atoms with Crippen molar-refractivity contribution in [3.8, 4) is 21.8 Å². The highest BCUT2D eigenvalue weighted by molar-refractivity contribution is 7.15. The molecule has 0 spiro atoms. The van der Waals surface area contributed by atoms with Gasteiger partial charge in [-0.15, -0.1) is 11.3 Å². The van der Waals surface area contributed by atoms with Gasteiger partial charge in [0.2, 0.25) is 0 Å². The number of H-pyrrole nitrogens is 1. The number of thiophene rings is 1. The Labute approximate surface area is 172 Å². The Hall–Kier alpha value is -3.09. The third kappa shape index (κ3) is 3.77. The van der Waals surface area contributed by atoms with Crippen molar-refractivity contribution in [2.45, 2.75) is 19.5 Å². The van der Waals surface area contributed by atoms with E-state index in [1.807, 2.05) is 29.5 Å². The summed E-state index contributed by atoms with van der Waals surface area (Å²) in [5, 5.41) is 0. The summed E-state index contributed by atoms with van der Waals surface area (Å²) in [6, 6.07) is 18.6. The van der Waals surface area contributed by atoms with Crippen LogP contribution in [0.2, 0.25) is 0 Å². The number of aromatic nitrogens is 3. The van der Waals surface area contributed by atoms with Crippen LogP contribution in [0.1, 0.15) is 16.1 Å². The van der Waals surface area contributed by atoms with Crippen molar-refractivity contribution in [2.24, 2.45) is 0 Å². The van der Waals surface area contributed by atoms with Gasteiger partial charge in [-0.2, -0.15) is 0 Å². The summed E-state index contributed by atoms with van der Waals surface area (Å²) in [6.45, 7) is 2.42. The normalized spacial score (nSPS) is 13.9. The van der Waals surface area contributed by atoms with E-state index in [1.54, 1.807) is 12.4 Å². The fourth-order valence-corrected chi connectivity index (χ4v) is 4.76. The predicted molar refractivity (Wildman–Crippen MR) is 116 cm³/mol. The van der Waals surface area contributed by atoms with Crippen molar-refractivity contribution >= 4 is 11.3 Å². The van der Waals surface area contributed by atoms with Crippen LogP contribution in [-0.4, -0.2) is 26.4 Å². The molecule has 3 aromatic heterocycles. The third-order valence-corrected chi connectivity index (χ3v) is 6.31. The molecule has 0 atom stereocenters. The topological polar surface area (TPSA) is 61.9 Å². The zero-order valence-electron chi connectivity index (χ0n) is 15.8. The minimum Gasteiger partial charge on any atom is -0.306 e. The fraction of sp³-hybridized carbons (Fsp3) is 0.174. The number of hydrogen-bond acceptors (Lipinski definition) is 5. The maximum atomic E-state index is 12.6. The molecule has 0 radical (unpaired) electrons. The van der Waals surface area contributed by atoms with Gasteiger partial charge in [-0.3, -0.25) is 14.7 Å². The van der Waals surface area contributed by atoms with Crippen LogP contribution in [0.3, 0.4) is 0 Å². The first-order valence-electron chi connectivity index (χ1n) is 9.65. The first kappa shape index (κ1) is 18.0. The standard InChI is InChI=1S/C23H20N4OS/c28-23-19-10-12-27(14-18-8-9-21(29-18)16-5-2-1-3-6-16)15-20(19)25-22(26-23)17-7-4-11-24-13-17/h1-9,11,13H,10,12,14-15H2,(H,25,26,28). The van der Waals surface area contributed by atoms with Gasteiger partial charge < -0.3 is 4.98 Å². The van der Waals surface area contributed by atoms with E-state index in [4.69, 9.17) is 4.98 Å². The average Bonchev–Trinajstić information content (AvgIpc) is 3.23. The van der Waals surface area contributed by atoms with Gasteiger partial charge in [0.25, 0.3) is 5.56 Å². The van der Waals surface area contributed by atoms with E-state index in [0.717, 1.165) is 36.3 Å². The van der Waals surface area contributed by atoms with E-state index in [0.29, 0.717) is 12.4 Å². The molecule has 4 heterocycles. The Morgan fingerprint density at radius 1 is 1.03 bits per heavy atom. The molecular formula is C23H20N4OS. The molecule has 0 aliphatic carbocycles. The van der Waals surface area contributed by atoms with E-state index < -0.39 is 0 Å². The second-order valence-electron chi connectivity index (χ2n) is 7.17. The maximum absolute atomic E-state index is 12.6. The SMILES string of the molecule is O=c1[nH]c(-c2cccnc2)nc2c1CCN(Cc1ccc(-c3ccccc3)s1)C2. The van der Waals surface area contributed by atoms with Gasteiger partial charge in [-0.25, -0.2) is 4.98 Å². The number of hydrogen-bond donors (Lipinski definition) is 1. The van der Waals surface area contributed by atoms with E-state index in [9.17, 15) is 4.79 Å². The number of aromatic amines is 1. The quantitative estimate of drug-likeness (QED) is 0.560. The second kappa shape index (κ2) is 7.73. The largest absolute Gasteiger partial charge is 0.306 e. The van der Waals surface area contributed by atoms with Crippen molar-refractivity contribution in [3.63, 3.8) is 0 Å². The van der Waals surface area contributed by atoms with Crippen LogP contribution in [0.15, 0.2) is 71.8 Å². The summed E-state index contributed by atoms with van der Waals surface area (Å²) >= 11 is 1.83. The van der Waals surface area contributed by atoms with Gasteiger partial charge in [0.15, 0.2) is 0 Å². The van der Waals surface area contributed by atoms with Gasteiger partial charge in [-0.05, 0) is 36.2 Å². The van der Waals surface area contributed by atoms with Crippen LogP contribution in [0.5, 0.6) is 0 Å². The van der Waals surface area contributed by atoms with Gasteiger partial charge in [0.05, 0.1) is 5.69 Å². The summed E-state index contributed by atoms with van der Waals surface area (Å²) in [5.74, 6) is 0.589. The molecule has 4 aromatic rings. The number of nitrogens with one attached hydrogen (secondary N) is 1. The molecule has 1 aromatic carbocycles. The van der Waals surface area contributed by atoms with E-state index in [-0.39, 0.29) is 5.56 Å². The van der Waals surface area contributed by atoms with Crippen molar-refractivity contribution in [1.29, 1.82) is 0 Å². The number of benzene rings is 1. The Balaban J connectivity index is 1.36. The highest BCUT2D eigenvalue weighted by atomic mass is 32.1. The molecule has 144 valence electrons. The Morgan fingerprint density at radius 3 is 2.72 bits per heavy atom. The summed E-state index contributed by atoms with van der Waals surface area (Å²) in [5.41, 5.74) is 3.73. The number of nitrogens with zero attached hydrogens (tertiary/aromatic N) is 3. The molecule has 1 N–H and O–H groups in total. The molecular weight excluding hydrogens is 380 g/mol. The van der Waals surface area contributed by atoms with Crippen molar-refractivity contribution in [1.82, 2.24) is 19.9 Å². The Morgan fingerprint density at radius 2 is 1.90 bits per heavy atom. The number of pyridine rings is 1. The third-order valence-electron chi connectivity index (χ3n) is 5.19. The smallest absolute Gasteiger partial charge is 0.254 e. The minimum absolute atomic E-state index is 0.0315. The molecule has 0 unspecified atom stereocenters. The van der Waals surface area contributed by atoms with Gasteiger partial charge in [0.1, 0.15) is 5.82 Å². The summed E-state index contributed by atoms with van der Waals surface area (Å²) in [4.78, 5) is 29.3. The zero-order chi connectivity index (χ0) is 19.6. The molecule has 29 heavy (non-hydrogen) atoms. The van der Waals surface area contributed by atoms with Crippen LogP contribution in [0.4, 0.5) is 0 Å². The molecule has 0 bridgehead atoms. The molecule has 0 saturated heterocycles. The maximum Gasteiger partial charge on any atom is 0.254 e. The highest BCUT2D eigenvalue weighted by Gasteiger charge is 2.22. The lowest BCUT2D eigenvalue weighted by atomic mass is 10.1. The molecule has 0 amide bonds. The lowest BCUT2D eigenvalue weighted by molar-refractivity contribution is 0.242. The van der Waals surface area contributed by atoms with Gasteiger partial charge >= 0.3 is 0 Å². The molecule has 1 aliphatic heterocycles. The Bertz CT molecular complexity index is 1180. The van der Waals surface area contributed by atoms with Crippen LogP contribution in [0.25, 0.3) is 21.8 Å². The van der Waals surface area contributed by atoms with Gasteiger partial charge in [-0.1, -0.05) is 30.3 Å². The summed E-state index contributed by atoms with van der Waals surface area (Å²) < 4.78 is 0. The summed E-state index contributed by atoms with van der Waals surface area (Å²) in [7, 11) is 0. The van der Waals surface area contributed by atoms with Crippen LogP contribution < -0.4 is 5.56 Å². The van der Waals surface area contributed by atoms with Crippen LogP contribution in [-0.2, 0) is 19.5 Å². The van der Waals surface area contributed by atoms with Crippen LogP contribution in [0, 0.1) is 0 Å². The summed E-state index contributed by atoms with van der Waals surface area (Å²) in [6.07, 6.45) is 4.16. The average molecular weight is 401 g/mol. The first-order valence-corrected chi connectivity index (χ1v) is 10.5. The highest BCUT2D eigenvalue weighted by Crippen LogP contribution is 2.29. The molecule has 5 rings (SSSR count). The minimum atomic E-state index is -0.0315. The monoisotopic (exact) mass is 400 g/mol. The Kier molecular flexibility index (Phi) is 4.79. The predicted octanol–water partition coefficient (Wildman–Crippen LogP) is 4.12. The molecule has 0 fully saturated rings. The van der Waals surface area contributed by atoms with Crippen molar-refractivity contribution in [3.05, 3.63) is 93.5 Å². The molecule has 0 saturated carbocycles.